The Morgan fingerprint density at radius 2 is 1.46 bits per heavy atom. The van der Waals surface area contributed by atoms with E-state index >= 15 is 0 Å². The van der Waals surface area contributed by atoms with Crippen molar-refractivity contribution in [1.29, 1.82) is 0 Å². The van der Waals surface area contributed by atoms with Crippen molar-refractivity contribution in [2.24, 2.45) is 0 Å². The molecule has 74 valence electrons. The van der Waals surface area contributed by atoms with Gasteiger partial charge in [0.2, 0.25) is 6.10 Å². The van der Waals surface area contributed by atoms with Crippen LogP contribution in [-0.2, 0) is 14.3 Å². The largest absolute Gasteiger partial charge is 0.506 e. The van der Waals surface area contributed by atoms with Gasteiger partial charge < -0.3 is 25.2 Å². The normalized spacial score (nSPS) is 14.2. The van der Waals surface area contributed by atoms with Crippen LogP contribution in [-0.4, -0.2) is 50.7 Å². The van der Waals surface area contributed by atoms with Crippen molar-refractivity contribution in [2.45, 2.75) is 12.2 Å². The van der Waals surface area contributed by atoms with Crippen LogP contribution in [0.4, 0.5) is 4.79 Å². The van der Waals surface area contributed by atoms with Gasteiger partial charge in [0, 0.05) is 0 Å². The monoisotopic (exact) mass is 194 g/mol. The third-order valence-electron chi connectivity index (χ3n) is 1.01. The molecule has 0 aromatic carbocycles. The van der Waals surface area contributed by atoms with Crippen molar-refractivity contribution in [3.63, 3.8) is 0 Å². The molecule has 0 aliphatic carbocycles. The van der Waals surface area contributed by atoms with Crippen molar-refractivity contribution in [3.05, 3.63) is 0 Å². The summed E-state index contributed by atoms with van der Waals surface area (Å²) >= 11 is 0. The molecule has 0 saturated heterocycles. The quantitative estimate of drug-likeness (QED) is 0.399. The molecule has 0 fully saturated rings. The molecule has 0 radical (unpaired) electrons. The molecule has 0 spiro atoms. The summed E-state index contributed by atoms with van der Waals surface area (Å²) in [6, 6.07) is 0. The topological polar surface area (TPSA) is 141 Å². The molecule has 8 nitrogen and oxygen atoms in total. The van der Waals surface area contributed by atoms with Crippen molar-refractivity contribution in [1.82, 2.24) is 0 Å². The minimum atomic E-state index is -2.42. The summed E-state index contributed by atoms with van der Waals surface area (Å²) < 4.78 is 3.62. The summed E-state index contributed by atoms with van der Waals surface area (Å²) in [4.78, 5) is 30.1. The SMILES string of the molecule is O=C(O)OC(C(=O)O)C(O)C(=O)O. The highest BCUT2D eigenvalue weighted by molar-refractivity contribution is 5.84. The lowest BCUT2D eigenvalue weighted by molar-refractivity contribution is -0.167. The van der Waals surface area contributed by atoms with Gasteiger partial charge in [-0.25, -0.2) is 14.4 Å². The first kappa shape index (κ1) is 11.2. The van der Waals surface area contributed by atoms with E-state index in [1.807, 2.05) is 0 Å². The first-order valence-electron chi connectivity index (χ1n) is 2.89. The van der Waals surface area contributed by atoms with Crippen molar-refractivity contribution in [3.8, 4) is 0 Å². The molecular weight excluding hydrogens is 188 g/mol. The highest BCUT2D eigenvalue weighted by atomic mass is 16.7. The summed E-state index contributed by atoms with van der Waals surface area (Å²) in [6.07, 6.45) is -6.73. The molecule has 8 heteroatoms. The van der Waals surface area contributed by atoms with Crippen LogP contribution >= 0.6 is 0 Å². The average Bonchev–Trinajstić information content (AvgIpc) is 1.97. The van der Waals surface area contributed by atoms with Gasteiger partial charge in [-0.05, 0) is 0 Å². The number of aliphatic hydroxyl groups is 1. The molecule has 0 heterocycles. The second-order valence-electron chi connectivity index (χ2n) is 1.93. The number of carbonyl (C=O) groups is 3. The Bertz CT molecular complexity index is 233. The number of carboxylic acid groups (broad SMARTS) is 3. The average molecular weight is 194 g/mol. The minimum Gasteiger partial charge on any atom is -0.479 e. The van der Waals surface area contributed by atoms with Gasteiger partial charge in [0.05, 0.1) is 0 Å². The Hall–Kier alpha value is -1.83. The maximum Gasteiger partial charge on any atom is 0.506 e. The molecule has 0 rings (SSSR count). The lowest BCUT2D eigenvalue weighted by Gasteiger charge is -2.13. The summed E-state index contributed by atoms with van der Waals surface area (Å²) in [5.41, 5.74) is 0. The van der Waals surface area contributed by atoms with Crippen molar-refractivity contribution < 1.29 is 39.5 Å². The number of ether oxygens (including phenoxy) is 1. The Morgan fingerprint density at radius 1 is 1.00 bits per heavy atom. The van der Waals surface area contributed by atoms with Gasteiger partial charge in [0.1, 0.15) is 0 Å². The van der Waals surface area contributed by atoms with Gasteiger partial charge in [-0.3, -0.25) is 0 Å². The molecule has 0 amide bonds. The standard InChI is InChI=1S/C5H6O8/c6-1(3(7)8)2(4(9)10)13-5(11)12/h1-2,6H,(H,7,8)(H,9,10)(H,11,12). The second kappa shape index (κ2) is 4.26. The first-order valence-corrected chi connectivity index (χ1v) is 2.89. The molecule has 0 bridgehead atoms. The lowest BCUT2D eigenvalue weighted by atomic mass is 10.2. The van der Waals surface area contributed by atoms with Gasteiger partial charge >= 0.3 is 18.1 Å². The van der Waals surface area contributed by atoms with Crippen LogP contribution in [0.1, 0.15) is 0 Å². The fourth-order valence-corrected chi connectivity index (χ4v) is 0.488. The van der Waals surface area contributed by atoms with E-state index in [0.717, 1.165) is 0 Å². The summed E-state index contributed by atoms with van der Waals surface area (Å²) in [6.45, 7) is 0. The van der Waals surface area contributed by atoms with E-state index in [-0.39, 0.29) is 0 Å². The Kier molecular flexibility index (Phi) is 3.66. The number of aliphatic hydroxyl groups excluding tert-OH is 1. The summed E-state index contributed by atoms with van der Waals surface area (Å²) in [7, 11) is 0. The van der Waals surface area contributed by atoms with Gasteiger partial charge in [-0.1, -0.05) is 0 Å². The van der Waals surface area contributed by atoms with E-state index in [1.165, 1.54) is 0 Å². The number of carboxylic acids is 2. The third kappa shape index (κ3) is 3.38. The molecular formula is C5H6O8. The molecule has 2 atom stereocenters. The van der Waals surface area contributed by atoms with Crippen LogP contribution in [0.3, 0.4) is 0 Å². The molecule has 0 aliphatic heterocycles. The van der Waals surface area contributed by atoms with Crippen LogP contribution in [0.25, 0.3) is 0 Å². The highest BCUT2D eigenvalue weighted by Crippen LogP contribution is 2.01. The minimum absolute atomic E-state index is 1.88. The van der Waals surface area contributed by atoms with E-state index in [2.05, 4.69) is 4.74 Å². The van der Waals surface area contributed by atoms with Gasteiger partial charge in [0.25, 0.3) is 0 Å². The fraction of sp³-hybridized carbons (Fsp3) is 0.400. The van der Waals surface area contributed by atoms with Gasteiger partial charge in [0.15, 0.2) is 6.10 Å². The Balaban J connectivity index is 4.51. The molecule has 0 aromatic heterocycles. The van der Waals surface area contributed by atoms with E-state index in [9.17, 15) is 14.4 Å². The zero-order chi connectivity index (χ0) is 10.6. The lowest BCUT2D eigenvalue weighted by Crippen LogP contribution is -2.42. The zero-order valence-corrected chi connectivity index (χ0v) is 6.08. The van der Waals surface area contributed by atoms with Crippen LogP contribution in [0.15, 0.2) is 0 Å². The maximum atomic E-state index is 10.2. The summed E-state index contributed by atoms with van der Waals surface area (Å²) in [5, 5.41) is 33.0. The third-order valence-corrected chi connectivity index (χ3v) is 1.01. The molecule has 13 heavy (non-hydrogen) atoms. The van der Waals surface area contributed by atoms with Crippen LogP contribution in [0.5, 0.6) is 0 Å². The van der Waals surface area contributed by atoms with E-state index < -0.39 is 30.3 Å². The van der Waals surface area contributed by atoms with Gasteiger partial charge in [-0.15, -0.1) is 0 Å². The zero-order valence-electron chi connectivity index (χ0n) is 6.08. The maximum absolute atomic E-state index is 10.2. The number of hydrogen-bond donors (Lipinski definition) is 4. The van der Waals surface area contributed by atoms with E-state index in [4.69, 9.17) is 20.4 Å². The molecule has 4 N–H and O–H groups in total. The fourth-order valence-electron chi connectivity index (χ4n) is 0.488. The second-order valence-corrected chi connectivity index (χ2v) is 1.93. The number of aliphatic carboxylic acids is 2. The smallest absolute Gasteiger partial charge is 0.479 e. The van der Waals surface area contributed by atoms with E-state index in [0.29, 0.717) is 0 Å². The van der Waals surface area contributed by atoms with Gasteiger partial charge in [-0.2, -0.15) is 0 Å². The van der Waals surface area contributed by atoms with Crippen molar-refractivity contribution in [2.75, 3.05) is 0 Å². The molecule has 0 aromatic rings. The van der Waals surface area contributed by atoms with E-state index in [1.54, 1.807) is 0 Å². The van der Waals surface area contributed by atoms with Crippen LogP contribution in [0.2, 0.25) is 0 Å². The van der Waals surface area contributed by atoms with Crippen molar-refractivity contribution >= 4 is 18.1 Å². The summed E-state index contributed by atoms with van der Waals surface area (Å²) in [5.74, 6) is -3.76. The molecule has 0 saturated carbocycles. The van der Waals surface area contributed by atoms with Crippen LogP contribution in [0, 0.1) is 0 Å². The Labute approximate surface area is 71.0 Å². The molecule has 2 unspecified atom stereocenters. The Morgan fingerprint density at radius 3 is 1.69 bits per heavy atom. The number of rotatable bonds is 4. The first-order chi connectivity index (χ1) is 5.86. The number of hydrogen-bond acceptors (Lipinski definition) is 5. The molecule has 0 aliphatic rings. The predicted octanol–water partition coefficient (Wildman–Crippen LogP) is -1.42. The van der Waals surface area contributed by atoms with Crippen LogP contribution < -0.4 is 0 Å². The highest BCUT2D eigenvalue weighted by Gasteiger charge is 2.35. The predicted molar refractivity (Wildman–Crippen MR) is 34.2 cm³/mol.